The van der Waals surface area contributed by atoms with Gasteiger partial charge < -0.3 is 0 Å². The third kappa shape index (κ3) is 3.21. The Labute approximate surface area is 91.9 Å². The Morgan fingerprint density at radius 2 is 2.31 bits per heavy atom. The highest BCUT2D eigenvalue weighted by atomic mass is 127. The number of aromatic nitrogens is 1. The van der Waals surface area contributed by atoms with E-state index in [-0.39, 0.29) is 0 Å². The Morgan fingerprint density at radius 3 is 2.85 bits per heavy atom. The van der Waals surface area contributed by atoms with Crippen LogP contribution in [-0.4, -0.2) is 4.98 Å². The van der Waals surface area contributed by atoms with Crippen molar-refractivity contribution in [3.63, 3.8) is 0 Å². The molecule has 0 fully saturated rings. The van der Waals surface area contributed by atoms with Gasteiger partial charge in [0.1, 0.15) is 0 Å². The molecule has 3 heteroatoms. The number of pyridine rings is 1. The Kier molecular flexibility index (Phi) is 4.09. The highest BCUT2D eigenvalue weighted by Crippen LogP contribution is 2.17. The summed E-state index contributed by atoms with van der Waals surface area (Å²) in [6.07, 6.45) is 3.78. The second kappa shape index (κ2) is 4.88. The van der Waals surface area contributed by atoms with Crippen LogP contribution in [0.2, 0.25) is 0 Å². The fraction of sp³-hybridized carbons (Fsp3) is 0.500. The third-order valence-electron chi connectivity index (χ3n) is 2.16. The minimum Gasteiger partial charge on any atom is -0.228 e. The van der Waals surface area contributed by atoms with Gasteiger partial charge in [0, 0.05) is 15.8 Å². The zero-order valence-electron chi connectivity index (χ0n) is 7.85. The Hall–Kier alpha value is -0.190. The molecular weight excluding hydrogens is 280 g/mol. The smallest absolute Gasteiger partial charge is 0.213 e. The molecule has 1 rings (SSSR count). The van der Waals surface area contributed by atoms with E-state index in [4.69, 9.17) is 0 Å². The van der Waals surface area contributed by atoms with Crippen LogP contribution in [0, 0.1) is 15.4 Å². The Morgan fingerprint density at radius 1 is 1.62 bits per heavy atom. The van der Waals surface area contributed by atoms with Crippen LogP contribution in [0.15, 0.2) is 12.3 Å². The van der Waals surface area contributed by atoms with Crippen LogP contribution in [0.1, 0.15) is 25.8 Å². The van der Waals surface area contributed by atoms with Gasteiger partial charge in [-0.2, -0.15) is 4.39 Å². The molecule has 1 atom stereocenters. The van der Waals surface area contributed by atoms with Crippen LogP contribution in [-0.2, 0) is 6.42 Å². The topological polar surface area (TPSA) is 12.9 Å². The normalized spacial score (nSPS) is 12.9. The van der Waals surface area contributed by atoms with Crippen molar-refractivity contribution >= 4 is 22.6 Å². The maximum Gasteiger partial charge on any atom is 0.213 e. The van der Waals surface area contributed by atoms with Crippen molar-refractivity contribution in [1.29, 1.82) is 0 Å². The van der Waals surface area contributed by atoms with Crippen molar-refractivity contribution in [3.8, 4) is 0 Å². The van der Waals surface area contributed by atoms with Gasteiger partial charge in [-0.15, -0.1) is 0 Å². The summed E-state index contributed by atoms with van der Waals surface area (Å²) in [4.78, 5) is 3.66. The van der Waals surface area contributed by atoms with E-state index in [9.17, 15) is 4.39 Å². The van der Waals surface area contributed by atoms with E-state index in [0.29, 0.717) is 5.92 Å². The summed E-state index contributed by atoms with van der Waals surface area (Å²) >= 11 is 2.16. The lowest BCUT2D eigenvalue weighted by molar-refractivity contribution is 0.549. The molecule has 0 radical (unpaired) electrons. The fourth-order valence-electron chi connectivity index (χ4n) is 1.11. The van der Waals surface area contributed by atoms with Gasteiger partial charge in [-0.25, -0.2) is 4.98 Å². The molecule has 1 aromatic heterocycles. The second-order valence-electron chi connectivity index (χ2n) is 3.32. The third-order valence-corrected chi connectivity index (χ3v) is 3.17. The molecule has 0 aliphatic carbocycles. The second-order valence-corrected chi connectivity index (χ2v) is 4.48. The van der Waals surface area contributed by atoms with Gasteiger partial charge in [0.15, 0.2) is 0 Å². The SMILES string of the molecule is CCC(C)Cc1cnc(F)cc1I. The average molecular weight is 293 g/mol. The quantitative estimate of drug-likeness (QED) is 0.615. The van der Waals surface area contributed by atoms with Crippen LogP contribution >= 0.6 is 22.6 Å². The molecule has 72 valence electrons. The molecule has 13 heavy (non-hydrogen) atoms. The van der Waals surface area contributed by atoms with Crippen LogP contribution < -0.4 is 0 Å². The summed E-state index contributed by atoms with van der Waals surface area (Å²) in [7, 11) is 0. The highest BCUT2D eigenvalue weighted by Gasteiger charge is 2.06. The Bertz CT molecular complexity index is 288. The fourth-order valence-corrected chi connectivity index (χ4v) is 1.72. The molecule has 0 aliphatic heterocycles. The summed E-state index contributed by atoms with van der Waals surface area (Å²) in [5.41, 5.74) is 1.15. The molecule has 0 bridgehead atoms. The van der Waals surface area contributed by atoms with E-state index in [2.05, 4.69) is 41.4 Å². The largest absolute Gasteiger partial charge is 0.228 e. The van der Waals surface area contributed by atoms with Crippen molar-refractivity contribution in [2.75, 3.05) is 0 Å². The maximum atomic E-state index is 12.7. The number of halogens is 2. The first kappa shape index (κ1) is 10.9. The van der Waals surface area contributed by atoms with E-state index in [1.54, 1.807) is 6.20 Å². The first-order valence-corrected chi connectivity index (χ1v) is 5.51. The van der Waals surface area contributed by atoms with Crippen LogP contribution in [0.25, 0.3) is 0 Å². The molecule has 0 amide bonds. The molecular formula is C10H13FIN. The summed E-state index contributed by atoms with van der Waals surface area (Å²) < 4.78 is 13.6. The monoisotopic (exact) mass is 293 g/mol. The van der Waals surface area contributed by atoms with Gasteiger partial charge in [-0.1, -0.05) is 20.3 Å². The summed E-state index contributed by atoms with van der Waals surface area (Å²) in [6.45, 7) is 4.36. The maximum absolute atomic E-state index is 12.7. The van der Waals surface area contributed by atoms with E-state index in [0.717, 1.165) is 22.0 Å². The lowest BCUT2D eigenvalue weighted by Crippen LogP contribution is -2.01. The van der Waals surface area contributed by atoms with Crippen molar-refractivity contribution in [2.24, 2.45) is 5.92 Å². The minimum absolute atomic E-state index is 0.391. The molecule has 1 heterocycles. The van der Waals surface area contributed by atoms with E-state index >= 15 is 0 Å². The van der Waals surface area contributed by atoms with Gasteiger partial charge in [-0.3, -0.25) is 0 Å². The van der Waals surface area contributed by atoms with E-state index in [1.807, 2.05) is 0 Å². The van der Waals surface area contributed by atoms with Gasteiger partial charge in [0.05, 0.1) is 0 Å². The first-order valence-electron chi connectivity index (χ1n) is 4.43. The molecule has 1 nitrogen and oxygen atoms in total. The van der Waals surface area contributed by atoms with Gasteiger partial charge >= 0.3 is 0 Å². The number of hydrogen-bond acceptors (Lipinski definition) is 1. The Balaban J connectivity index is 2.77. The zero-order valence-corrected chi connectivity index (χ0v) is 10.0. The number of rotatable bonds is 3. The van der Waals surface area contributed by atoms with Gasteiger partial charge in [0.2, 0.25) is 5.95 Å². The lowest BCUT2D eigenvalue weighted by Gasteiger charge is -2.09. The molecule has 0 aromatic carbocycles. The predicted molar refractivity (Wildman–Crippen MR) is 60.1 cm³/mol. The molecule has 0 spiro atoms. The van der Waals surface area contributed by atoms with Crippen molar-refractivity contribution in [1.82, 2.24) is 4.98 Å². The standard InChI is InChI=1S/C10H13FIN/c1-3-7(2)4-8-6-13-10(11)5-9(8)12/h5-7H,3-4H2,1-2H3. The van der Waals surface area contributed by atoms with Crippen molar-refractivity contribution in [3.05, 3.63) is 27.3 Å². The molecule has 1 aromatic rings. The first-order chi connectivity index (χ1) is 6.13. The van der Waals surface area contributed by atoms with Crippen molar-refractivity contribution < 1.29 is 4.39 Å². The molecule has 1 unspecified atom stereocenters. The van der Waals surface area contributed by atoms with Gasteiger partial charge in [-0.05, 0) is 40.5 Å². The zero-order chi connectivity index (χ0) is 9.84. The van der Waals surface area contributed by atoms with Crippen LogP contribution in [0.3, 0.4) is 0 Å². The summed E-state index contributed by atoms with van der Waals surface area (Å²) in [5.74, 6) is 0.248. The molecule has 0 saturated carbocycles. The average Bonchev–Trinajstić information content (AvgIpc) is 2.09. The van der Waals surface area contributed by atoms with E-state index in [1.165, 1.54) is 6.07 Å². The van der Waals surface area contributed by atoms with Crippen LogP contribution in [0.4, 0.5) is 4.39 Å². The molecule has 0 N–H and O–H groups in total. The number of hydrogen-bond donors (Lipinski definition) is 0. The summed E-state index contributed by atoms with van der Waals surface area (Å²) in [5, 5.41) is 0. The van der Waals surface area contributed by atoms with Crippen molar-refractivity contribution in [2.45, 2.75) is 26.7 Å². The summed E-state index contributed by atoms with van der Waals surface area (Å²) in [6, 6.07) is 1.48. The van der Waals surface area contributed by atoms with Crippen LogP contribution in [0.5, 0.6) is 0 Å². The van der Waals surface area contributed by atoms with E-state index < -0.39 is 5.95 Å². The minimum atomic E-state index is -0.391. The highest BCUT2D eigenvalue weighted by molar-refractivity contribution is 14.1. The predicted octanol–water partition coefficient (Wildman–Crippen LogP) is 3.41. The lowest BCUT2D eigenvalue weighted by atomic mass is 10.0. The number of nitrogens with zero attached hydrogens (tertiary/aromatic N) is 1. The van der Waals surface area contributed by atoms with Gasteiger partial charge in [0.25, 0.3) is 0 Å². The molecule has 0 aliphatic rings. The molecule has 0 saturated heterocycles.